The number of aliphatic imine (C=N–C) groups is 1. The van der Waals surface area contributed by atoms with Crippen LogP contribution >= 0.6 is 0 Å². The van der Waals surface area contributed by atoms with E-state index in [1.807, 2.05) is 36.4 Å². The van der Waals surface area contributed by atoms with E-state index in [1.54, 1.807) is 42.7 Å². The number of fused-ring (bicyclic) bond motifs is 1. The van der Waals surface area contributed by atoms with Gasteiger partial charge in [-0.25, -0.2) is 4.98 Å². The van der Waals surface area contributed by atoms with Crippen LogP contribution in [0.3, 0.4) is 0 Å². The number of hydrogen-bond donors (Lipinski definition) is 2. The molecule has 3 heterocycles. The van der Waals surface area contributed by atoms with Gasteiger partial charge in [0, 0.05) is 47.6 Å². The van der Waals surface area contributed by atoms with Crippen LogP contribution in [0, 0.1) is 11.8 Å². The van der Waals surface area contributed by atoms with E-state index >= 15 is 0 Å². The molecular weight excluding hydrogens is 426 g/mol. The number of carbonyl (C=O) groups excluding carboxylic acids is 2. The molecule has 0 spiro atoms. The molecule has 1 aliphatic heterocycles. The summed E-state index contributed by atoms with van der Waals surface area (Å²) in [5, 5.41) is 2.73. The van der Waals surface area contributed by atoms with Crippen LogP contribution in [0.1, 0.15) is 44.8 Å². The summed E-state index contributed by atoms with van der Waals surface area (Å²) >= 11 is 0. The molecule has 2 aromatic heterocycles. The van der Waals surface area contributed by atoms with E-state index in [0.717, 1.165) is 11.3 Å². The van der Waals surface area contributed by atoms with Crippen molar-refractivity contribution in [2.45, 2.75) is 12.8 Å². The molecule has 1 aliphatic rings. The fourth-order valence-corrected chi connectivity index (χ4v) is 3.58. The van der Waals surface area contributed by atoms with Gasteiger partial charge in [0.15, 0.2) is 5.78 Å². The first-order valence-electron chi connectivity index (χ1n) is 10.7. The number of carbonyl (C=O) groups is 2. The zero-order chi connectivity index (χ0) is 23.3. The second-order valence-electron chi connectivity index (χ2n) is 7.67. The quantitative estimate of drug-likeness (QED) is 0.348. The average molecular weight is 445 g/mol. The van der Waals surface area contributed by atoms with Crippen molar-refractivity contribution in [1.29, 1.82) is 0 Å². The Morgan fingerprint density at radius 2 is 1.85 bits per heavy atom. The molecule has 7 heteroatoms. The molecule has 164 valence electrons. The SMILES string of the molecule is O=C(Nc1nc2c(C(=O)CC3=NC=CC3)cccc2[nH]1)c1cc(C#Cc2ccccc2)ccn1. The second kappa shape index (κ2) is 9.35. The summed E-state index contributed by atoms with van der Waals surface area (Å²) in [6.45, 7) is 0. The number of imidazole rings is 1. The van der Waals surface area contributed by atoms with Crippen molar-refractivity contribution in [2.75, 3.05) is 5.32 Å². The lowest BCUT2D eigenvalue weighted by Gasteiger charge is -2.02. The number of benzene rings is 2. The average Bonchev–Trinajstić information content (AvgIpc) is 3.52. The minimum atomic E-state index is -0.429. The molecule has 0 saturated heterocycles. The number of Topliss-reactive ketones (excluding diaryl/α,β-unsaturated/α-hetero) is 1. The van der Waals surface area contributed by atoms with Gasteiger partial charge in [-0.1, -0.05) is 42.2 Å². The summed E-state index contributed by atoms with van der Waals surface area (Å²) in [5.74, 6) is 5.85. The van der Waals surface area contributed by atoms with E-state index in [1.165, 1.54) is 0 Å². The highest BCUT2D eigenvalue weighted by molar-refractivity contribution is 6.15. The number of aromatic nitrogens is 3. The Kier molecular flexibility index (Phi) is 5.78. The number of hydrogen-bond acceptors (Lipinski definition) is 5. The molecule has 4 aromatic rings. The number of H-pyrrole nitrogens is 1. The minimum Gasteiger partial charge on any atom is -0.324 e. The Morgan fingerprint density at radius 3 is 2.68 bits per heavy atom. The molecule has 0 fully saturated rings. The zero-order valence-corrected chi connectivity index (χ0v) is 18.1. The number of nitrogens with one attached hydrogen (secondary N) is 2. The van der Waals surface area contributed by atoms with Gasteiger partial charge >= 0.3 is 0 Å². The van der Waals surface area contributed by atoms with Crippen LogP contribution in [0.4, 0.5) is 5.95 Å². The third-order valence-electron chi connectivity index (χ3n) is 5.24. The Hall–Kier alpha value is -4.83. The van der Waals surface area contributed by atoms with Crippen LogP contribution in [0.2, 0.25) is 0 Å². The van der Waals surface area contributed by atoms with Gasteiger partial charge in [0.2, 0.25) is 5.95 Å². The van der Waals surface area contributed by atoms with E-state index in [-0.39, 0.29) is 23.8 Å². The van der Waals surface area contributed by atoms with Gasteiger partial charge in [-0.05, 0) is 36.4 Å². The van der Waals surface area contributed by atoms with Crippen molar-refractivity contribution >= 4 is 34.4 Å². The summed E-state index contributed by atoms with van der Waals surface area (Å²) in [6.07, 6.45) is 6.09. The maximum Gasteiger partial charge on any atom is 0.276 e. The van der Waals surface area contributed by atoms with Crippen LogP contribution < -0.4 is 5.32 Å². The first-order valence-corrected chi connectivity index (χ1v) is 10.7. The predicted octanol–water partition coefficient (Wildman–Crippen LogP) is 4.54. The predicted molar refractivity (Wildman–Crippen MR) is 131 cm³/mol. The number of allylic oxidation sites excluding steroid dienone is 1. The molecule has 0 atom stereocenters. The Labute approximate surface area is 195 Å². The van der Waals surface area contributed by atoms with E-state index < -0.39 is 5.91 Å². The fraction of sp³-hybridized carbons (Fsp3) is 0.0741. The number of rotatable bonds is 5. The molecule has 0 aliphatic carbocycles. The Balaban J connectivity index is 1.34. The maximum atomic E-state index is 12.8. The van der Waals surface area contributed by atoms with Gasteiger partial charge in [0.05, 0.1) is 5.52 Å². The standard InChI is InChI=1S/C27H19N5O2/c33-24(17-20-8-5-14-28-20)21-9-4-10-22-25(21)31-27(30-22)32-26(34)23-16-19(13-15-29-23)12-11-18-6-2-1-3-7-18/h1-7,9-10,13-16H,8,17H2,(H2,30,31,32,34). The zero-order valence-electron chi connectivity index (χ0n) is 18.1. The summed E-state index contributed by atoms with van der Waals surface area (Å²) < 4.78 is 0. The highest BCUT2D eigenvalue weighted by Gasteiger charge is 2.17. The number of anilines is 1. The summed E-state index contributed by atoms with van der Waals surface area (Å²) in [6, 6.07) is 18.3. The Morgan fingerprint density at radius 1 is 1.00 bits per heavy atom. The van der Waals surface area contributed by atoms with Gasteiger partial charge in [0.1, 0.15) is 11.2 Å². The van der Waals surface area contributed by atoms with Gasteiger partial charge < -0.3 is 4.98 Å². The molecule has 2 N–H and O–H groups in total. The van der Waals surface area contributed by atoms with E-state index in [2.05, 4.69) is 37.1 Å². The van der Waals surface area contributed by atoms with Crippen LogP contribution in [0.15, 0.2) is 84.1 Å². The normalized spacial score (nSPS) is 12.2. The van der Waals surface area contributed by atoms with Crippen LogP contribution in [0.25, 0.3) is 11.0 Å². The second-order valence-corrected chi connectivity index (χ2v) is 7.67. The summed E-state index contributed by atoms with van der Waals surface area (Å²) in [4.78, 5) is 41.5. The molecule has 0 unspecified atom stereocenters. The first kappa shape index (κ1) is 21.0. The highest BCUT2D eigenvalue weighted by atomic mass is 16.2. The maximum absolute atomic E-state index is 12.8. The van der Waals surface area contributed by atoms with Gasteiger partial charge in [-0.2, -0.15) is 0 Å². The minimum absolute atomic E-state index is 0.0659. The molecule has 0 radical (unpaired) electrons. The molecule has 34 heavy (non-hydrogen) atoms. The molecule has 0 bridgehead atoms. The monoisotopic (exact) mass is 445 g/mol. The van der Waals surface area contributed by atoms with Gasteiger partial charge in [0.25, 0.3) is 5.91 Å². The van der Waals surface area contributed by atoms with Crippen LogP contribution in [0.5, 0.6) is 0 Å². The van der Waals surface area contributed by atoms with Gasteiger partial charge in [-0.15, -0.1) is 0 Å². The Bertz CT molecular complexity index is 1520. The highest BCUT2D eigenvalue weighted by Crippen LogP contribution is 2.21. The number of pyridine rings is 1. The lowest BCUT2D eigenvalue weighted by Crippen LogP contribution is -2.14. The number of ketones is 1. The molecule has 1 amide bonds. The van der Waals surface area contributed by atoms with Crippen LogP contribution in [-0.2, 0) is 0 Å². The number of amides is 1. The molecule has 0 saturated carbocycles. The van der Waals surface area contributed by atoms with Crippen molar-refractivity contribution in [3.63, 3.8) is 0 Å². The van der Waals surface area contributed by atoms with Gasteiger partial charge in [-0.3, -0.25) is 24.9 Å². The largest absolute Gasteiger partial charge is 0.324 e. The van der Waals surface area contributed by atoms with Crippen molar-refractivity contribution in [3.05, 3.63) is 102 Å². The number of nitrogens with zero attached hydrogens (tertiary/aromatic N) is 3. The van der Waals surface area contributed by atoms with Crippen molar-refractivity contribution in [3.8, 4) is 11.8 Å². The van der Waals surface area contributed by atoms with E-state index in [0.29, 0.717) is 28.6 Å². The lowest BCUT2D eigenvalue weighted by atomic mass is 10.0. The first-order chi connectivity index (χ1) is 16.7. The molecule has 5 rings (SSSR count). The molecule has 2 aromatic carbocycles. The van der Waals surface area contributed by atoms with Crippen molar-refractivity contribution in [2.24, 2.45) is 4.99 Å². The molecule has 7 nitrogen and oxygen atoms in total. The van der Waals surface area contributed by atoms with Crippen molar-refractivity contribution in [1.82, 2.24) is 15.0 Å². The summed E-state index contributed by atoms with van der Waals surface area (Å²) in [5.41, 5.74) is 4.24. The number of aromatic amines is 1. The van der Waals surface area contributed by atoms with E-state index in [9.17, 15) is 9.59 Å². The third kappa shape index (κ3) is 4.66. The van der Waals surface area contributed by atoms with E-state index in [4.69, 9.17) is 0 Å². The smallest absolute Gasteiger partial charge is 0.276 e. The third-order valence-corrected chi connectivity index (χ3v) is 5.24. The van der Waals surface area contributed by atoms with Crippen LogP contribution in [-0.4, -0.2) is 32.4 Å². The number of para-hydroxylation sites is 1. The summed E-state index contributed by atoms with van der Waals surface area (Å²) in [7, 11) is 0. The molecular formula is C27H19N5O2. The lowest BCUT2D eigenvalue weighted by molar-refractivity contribution is 0.0998. The fourth-order valence-electron chi connectivity index (χ4n) is 3.58. The van der Waals surface area contributed by atoms with Crippen molar-refractivity contribution < 1.29 is 9.59 Å². The topological polar surface area (TPSA) is 100 Å².